The SMILES string of the molecule is O=CC(O)(CC(=O)O)CC(=O)O. The van der Waals surface area contributed by atoms with Crippen LogP contribution in [0.25, 0.3) is 0 Å². The highest BCUT2D eigenvalue weighted by Gasteiger charge is 2.32. The number of carbonyl (C=O) groups is 3. The van der Waals surface area contributed by atoms with E-state index in [1.807, 2.05) is 0 Å². The molecule has 0 aromatic heterocycles. The minimum absolute atomic E-state index is 0.0742. The van der Waals surface area contributed by atoms with Crippen LogP contribution in [-0.2, 0) is 14.4 Å². The average molecular weight is 176 g/mol. The van der Waals surface area contributed by atoms with Gasteiger partial charge in [-0.2, -0.15) is 0 Å². The lowest BCUT2D eigenvalue weighted by Gasteiger charge is -2.15. The van der Waals surface area contributed by atoms with E-state index in [9.17, 15) is 14.4 Å². The highest BCUT2D eigenvalue weighted by molar-refractivity contribution is 5.81. The Morgan fingerprint density at radius 2 is 1.50 bits per heavy atom. The van der Waals surface area contributed by atoms with Gasteiger partial charge in [0.15, 0.2) is 6.29 Å². The molecule has 0 unspecified atom stereocenters. The topological polar surface area (TPSA) is 112 Å². The van der Waals surface area contributed by atoms with Gasteiger partial charge in [0.2, 0.25) is 0 Å². The monoisotopic (exact) mass is 176 g/mol. The van der Waals surface area contributed by atoms with E-state index in [4.69, 9.17) is 15.3 Å². The van der Waals surface area contributed by atoms with Crippen LogP contribution in [0.1, 0.15) is 12.8 Å². The van der Waals surface area contributed by atoms with Crippen molar-refractivity contribution in [3.8, 4) is 0 Å². The zero-order chi connectivity index (χ0) is 9.78. The molecule has 68 valence electrons. The van der Waals surface area contributed by atoms with Gasteiger partial charge in [-0.05, 0) is 0 Å². The van der Waals surface area contributed by atoms with Gasteiger partial charge < -0.3 is 20.1 Å². The Balaban J connectivity index is 4.33. The Labute approximate surface area is 67.4 Å². The van der Waals surface area contributed by atoms with Crippen molar-refractivity contribution in [3.63, 3.8) is 0 Å². The molecule has 0 radical (unpaired) electrons. The van der Waals surface area contributed by atoms with Gasteiger partial charge in [-0.25, -0.2) is 0 Å². The Morgan fingerprint density at radius 1 is 1.17 bits per heavy atom. The summed E-state index contributed by atoms with van der Waals surface area (Å²) in [6.07, 6.45) is -1.87. The fourth-order valence-electron chi connectivity index (χ4n) is 0.670. The quantitative estimate of drug-likeness (QED) is 0.457. The molecule has 0 bridgehead atoms. The molecule has 0 aliphatic heterocycles. The molecule has 0 aromatic rings. The fraction of sp³-hybridized carbons (Fsp3) is 0.500. The highest BCUT2D eigenvalue weighted by Crippen LogP contribution is 2.11. The number of carbonyl (C=O) groups excluding carboxylic acids is 1. The van der Waals surface area contributed by atoms with Crippen LogP contribution < -0.4 is 0 Å². The highest BCUT2D eigenvalue weighted by atomic mass is 16.4. The number of hydrogen-bond acceptors (Lipinski definition) is 4. The number of rotatable bonds is 5. The number of aldehydes is 1. The zero-order valence-corrected chi connectivity index (χ0v) is 6.06. The number of aliphatic carboxylic acids is 2. The first kappa shape index (κ1) is 10.6. The molecule has 6 nitrogen and oxygen atoms in total. The van der Waals surface area contributed by atoms with Crippen LogP contribution in [0.5, 0.6) is 0 Å². The molecule has 0 saturated heterocycles. The summed E-state index contributed by atoms with van der Waals surface area (Å²) in [5.74, 6) is -2.85. The van der Waals surface area contributed by atoms with Gasteiger partial charge in [-0.15, -0.1) is 0 Å². The Hall–Kier alpha value is -1.43. The van der Waals surface area contributed by atoms with Crippen molar-refractivity contribution < 1.29 is 29.7 Å². The molecule has 12 heavy (non-hydrogen) atoms. The number of hydrogen-bond donors (Lipinski definition) is 3. The minimum atomic E-state index is -2.29. The molecular weight excluding hydrogens is 168 g/mol. The normalized spacial score (nSPS) is 10.8. The van der Waals surface area contributed by atoms with Crippen molar-refractivity contribution in [2.75, 3.05) is 0 Å². The Kier molecular flexibility index (Phi) is 3.36. The summed E-state index contributed by atoms with van der Waals surface area (Å²) in [6, 6.07) is 0. The van der Waals surface area contributed by atoms with Crippen molar-refractivity contribution in [2.24, 2.45) is 0 Å². The summed E-state index contributed by atoms with van der Waals surface area (Å²) in [6.45, 7) is 0. The largest absolute Gasteiger partial charge is 0.481 e. The van der Waals surface area contributed by atoms with Crippen LogP contribution in [0.2, 0.25) is 0 Å². The van der Waals surface area contributed by atoms with Gasteiger partial charge in [0.05, 0.1) is 12.8 Å². The molecular formula is C6H8O6. The van der Waals surface area contributed by atoms with Gasteiger partial charge in [-0.1, -0.05) is 0 Å². The molecule has 6 heteroatoms. The first-order chi connectivity index (χ1) is 5.39. The third-order valence-electron chi connectivity index (χ3n) is 1.13. The molecule has 0 spiro atoms. The van der Waals surface area contributed by atoms with Crippen LogP contribution in [0, 0.1) is 0 Å². The first-order valence-electron chi connectivity index (χ1n) is 3.02. The summed E-state index contributed by atoms with van der Waals surface area (Å²) in [5.41, 5.74) is -2.29. The maximum atomic E-state index is 10.1. The van der Waals surface area contributed by atoms with Gasteiger partial charge >= 0.3 is 11.9 Å². The van der Waals surface area contributed by atoms with Crippen molar-refractivity contribution in [1.82, 2.24) is 0 Å². The van der Waals surface area contributed by atoms with Gasteiger partial charge in [0.25, 0.3) is 0 Å². The Bertz CT molecular complexity index is 192. The fourth-order valence-corrected chi connectivity index (χ4v) is 0.670. The lowest BCUT2D eigenvalue weighted by Crippen LogP contribution is -2.36. The number of carboxylic acids is 2. The average Bonchev–Trinajstić information content (AvgIpc) is 1.83. The van der Waals surface area contributed by atoms with E-state index in [1.165, 1.54) is 0 Å². The molecule has 0 aliphatic carbocycles. The predicted octanol–water partition coefficient (Wildman–Crippen LogP) is -1.13. The molecule has 0 aromatic carbocycles. The molecule has 0 aliphatic rings. The lowest BCUT2D eigenvalue weighted by molar-refractivity contribution is -0.152. The standard InChI is InChI=1S/C6H8O6/c7-3-6(12,1-4(8)9)2-5(10)11/h3,12H,1-2H2,(H,8,9)(H,10,11). The second-order valence-corrected chi connectivity index (χ2v) is 2.36. The van der Waals surface area contributed by atoms with E-state index in [2.05, 4.69) is 0 Å². The molecule has 0 rings (SSSR count). The summed E-state index contributed by atoms with van der Waals surface area (Å²) in [7, 11) is 0. The van der Waals surface area contributed by atoms with Gasteiger partial charge in [-0.3, -0.25) is 9.59 Å². The second-order valence-electron chi connectivity index (χ2n) is 2.36. The third kappa shape index (κ3) is 3.67. The molecule has 0 fully saturated rings. The second kappa shape index (κ2) is 3.82. The van der Waals surface area contributed by atoms with Gasteiger partial charge in [0, 0.05) is 0 Å². The van der Waals surface area contributed by atoms with E-state index >= 15 is 0 Å². The van der Waals surface area contributed by atoms with E-state index < -0.39 is 30.4 Å². The van der Waals surface area contributed by atoms with Crippen LogP contribution in [-0.4, -0.2) is 39.1 Å². The van der Waals surface area contributed by atoms with E-state index in [1.54, 1.807) is 0 Å². The maximum Gasteiger partial charge on any atom is 0.306 e. The van der Waals surface area contributed by atoms with Crippen LogP contribution in [0.15, 0.2) is 0 Å². The van der Waals surface area contributed by atoms with Crippen LogP contribution in [0.3, 0.4) is 0 Å². The summed E-state index contributed by atoms with van der Waals surface area (Å²) in [5, 5.41) is 25.4. The van der Waals surface area contributed by atoms with Crippen molar-refractivity contribution in [1.29, 1.82) is 0 Å². The number of aliphatic hydroxyl groups is 1. The minimum Gasteiger partial charge on any atom is -0.481 e. The van der Waals surface area contributed by atoms with Gasteiger partial charge in [0.1, 0.15) is 5.60 Å². The molecule has 0 amide bonds. The third-order valence-corrected chi connectivity index (χ3v) is 1.13. The number of carboxylic acid groups (broad SMARTS) is 2. The summed E-state index contributed by atoms with van der Waals surface area (Å²) in [4.78, 5) is 30.2. The molecule has 0 atom stereocenters. The zero-order valence-electron chi connectivity index (χ0n) is 6.06. The summed E-state index contributed by atoms with van der Waals surface area (Å²) >= 11 is 0. The molecule has 0 saturated carbocycles. The molecule has 0 heterocycles. The van der Waals surface area contributed by atoms with E-state index in [0.717, 1.165) is 0 Å². The van der Waals surface area contributed by atoms with Crippen molar-refractivity contribution in [3.05, 3.63) is 0 Å². The van der Waals surface area contributed by atoms with Crippen molar-refractivity contribution >= 4 is 18.2 Å². The van der Waals surface area contributed by atoms with Crippen LogP contribution in [0.4, 0.5) is 0 Å². The van der Waals surface area contributed by atoms with E-state index in [0.29, 0.717) is 0 Å². The molecule has 3 N–H and O–H groups in total. The maximum absolute atomic E-state index is 10.1. The lowest BCUT2D eigenvalue weighted by atomic mass is 9.98. The smallest absolute Gasteiger partial charge is 0.306 e. The van der Waals surface area contributed by atoms with E-state index in [-0.39, 0.29) is 6.29 Å². The summed E-state index contributed by atoms with van der Waals surface area (Å²) < 4.78 is 0. The first-order valence-corrected chi connectivity index (χ1v) is 3.02. The Morgan fingerprint density at radius 3 is 1.67 bits per heavy atom. The van der Waals surface area contributed by atoms with Crippen LogP contribution >= 0.6 is 0 Å². The van der Waals surface area contributed by atoms with Crippen molar-refractivity contribution in [2.45, 2.75) is 18.4 Å². The predicted molar refractivity (Wildman–Crippen MR) is 35.5 cm³/mol.